The minimum atomic E-state index is 1.03. The van der Waals surface area contributed by atoms with Gasteiger partial charge in [0.05, 0.1) is 5.52 Å². The van der Waals surface area contributed by atoms with Gasteiger partial charge in [-0.05, 0) is 40.3 Å². The third kappa shape index (κ3) is 1.90. The van der Waals surface area contributed by atoms with Crippen molar-refractivity contribution in [2.45, 2.75) is 6.42 Å². The predicted octanol–water partition coefficient (Wildman–Crippen LogP) is 5.47. The molecule has 0 spiro atoms. The number of pyridine rings is 1. The summed E-state index contributed by atoms with van der Waals surface area (Å²) in [6.07, 6.45) is 2.90. The molecule has 1 heteroatoms. The van der Waals surface area contributed by atoms with Gasteiger partial charge in [-0.3, -0.25) is 4.98 Å². The molecule has 3 aromatic carbocycles. The molecule has 23 heavy (non-hydrogen) atoms. The molecule has 0 amide bonds. The Labute approximate surface area is 135 Å². The Bertz CT molecular complexity index is 1040. The van der Waals surface area contributed by atoms with Crippen molar-refractivity contribution in [2.75, 3.05) is 0 Å². The molecule has 1 nitrogen and oxygen atoms in total. The van der Waals surface area contributed by atoms with E-state index in [0.717, 1.165) is 11.9 Å². The van der Waals surface area contributed by atoms with E-state index in [0.29, 0.717) is 0 Å². The number of para-hydroxylation sites is 1. The lowest BCUT2D eigenvalue weighted by Crippen LogP contribution is -1.87. The van der Waals surface area contributed by atoms with E-state index in [2.05, 4.69) is 71.7 Å². The molecule has 0 bridgehead atoms. The van der Waals surface area contributed by atoms with Crippen LogP contribution in [0.5, 0.6) is 0 Å². The summed E-state index contributed by atoms with van der Waals surface area (Å²) in [5, 5.41) is 1.19. The fraction of sp³-hybridized carbons (Fsp3) is 0.0455. The average molecular weight is 293 g/mol. The van der Waals surface area contributed by atoms with Crippen LogP contribution >= 0.6 is 0 Å². The second-order valence-corrected chi connectivity index (χ2v) is 6.09. The van der Waals surface area contributed by atoms with E-state index >= 15 is 0 Å². The maximum absolute atomic E-state index is 4.59. The highest BCUT2D eigenvalue weighted by Gasteiger charge is 2.18. The highest BCUT2D eigenvalue weighted by molar-refractivity contribution is 5.94. The number of hydrogen-bond donors (Lipinski definition) is 0. The molecule has 0 radical (unpaired) electrons. The molecule has 0 fully saturated rings. The zero-order valence-electron chi connectivity index (χ0n) is 12.7. The maximum atomic E-state index is 4.59. The molecular weight excluding hydrogens is 278 g/mol. The van der Waals surface area contributed by atoms with E-state index in [1.165, 1.54) is 38.8 Å². The van der Waals surface area contributed by atoms with Crippen LogP contribution in [0.25, 0.3) is 33.2 Å². The number of hydrogen-bond acceptors (Lipinski definition) is 1. The highest BCUT2D eigenvalue weighted by atomic mass is 14.6. The summed E-state index contributed by atoms with van der Waals surface area (Å²) >= 11 is 0. The Morgan fingerprint density at radius 1 is 0.652 bits per heavy atom. The lowest BCUT2D eigenvalue weighted by Gasteiger charge is -2.08. The Balaban J connectivity index is 1.70. The summed E-state index contributed by atoms with van der Waals surface area (Å²) in [6.45, 7) is 0. The molecule has 0 saturated carbocycles. The molecule has 4 aromatic rings. The Morgan fingerprint density at radius 2 is 1.48 bits per heavy atom. The van der Waals surface area contributed by atoms with Gasteiger partial charge in [-0.25, -0.2) is 0 Å². The number of rotatable bonds is 1. The van der Waals surface area contributed by atoms with E-state index in [1.54, 1.807) is 0 Å². The van der Waals surface area contributed by atoms with Crippen LogP contribution in [-0.4, -0.2) is 4.98 Å². The molecule has 1 heterocycles. The minimum Gasteiger partial charge on any atom is -0.256 e. The third-order valence-corrected chi connectivity index (χ3v) is 4.74. The van der Waals surface area contributed by atoms with Crippen LogP contribution in [0, 0.1) is 0 Å². The number of benzene rings is 3. The normalized spacial score (nSPS) is 12.2. The molecule has 0 N–H and O–H groups in total. The smallest absolute Gasteiger partial charge is 0.0780 e. The first-order chi connectivity index (χ1) is 11.4. The summed E-state index contributed by atoms with van der Waals surface area (Å²) in [4.78, 5) is 4.59. The van der Waals surface area contributed by atoms with Crippen LogP contribution in [0.15, 0.2) is 79.0 Å². The van der Waals surface area contributed by atoms with E-state index in [4.69, 9.17) is 0 Å². The summed E-state index contributed by atoms with van der Waals surface area (Å²) in [5.41, 5.74) is 9.13. The van der Waals surface area contributed by atoms with Crippen molar-refractivity contribution in [3.63, 3.8) is 0 Å². The van der Waals surface area contributed by atoms with Crippen LogP contribution in [0.4, 0.5) is 0 Å². The summed E-state index contributed by atoms with van der Waals surface area (Å²) < 4.78 is 0. The zero-order valence-corrected chi connectivity index (χ0v) is 12.7. The van der Waals surface area contributed by atoms with Gasteiger partial charge in [-0.1, -0.05) is 66.7 Å². The van der Waals surface area contributed by atoms with Gasteiger partial charge in [0.1, 0.15) is 0 Å². The number of aromatic nitrogens is 1. The largest absolute Gasteiger partial charge is 0.256 e. The first kappa shape index (κ1) is 12.6. The summed E-state index contributed by atoms with van der Waals surface area (Å²) in [5.74, 6) is 0. The topological polar surface area (TPSA) is 12.9 Å². The maximum Gasteiger partial charge on any atom is 0.0780 e. The fourth-order valence-corrected chi connectivity index (χ4v) is 3.65. The minimum absolute atomic E-state index is 1.03. The molecular formula is C22H15N. The van der Waals surface area contributed by atoms with Crippen molar-refractivity contribution >= 4 is 10.9 Å². The van der Waals surface area contributed by atoms with E-state index in [9.17, 15) is 0 Å². The van der Waals surface area contributed by atoms with Crippen LogP contribution in [0.1, 0.15) is 11.1 Å². The van der Waals surface area contributed by atoms with E-state index in [1.807, 2.05) is 12.3 Å². The standard InChI is InChI=1S/C22H15N/c1-2-8-19-16(5-1)13-18-14-17(10-11-20(18)19)21-9-3-6-15-7-4-12-23-22(15)21/h1-12,14H,13H2. The van der Waals surface area contributed by atoms with Crippen LogP contribution in [0.3, 0.4) is 0 Å². The molecule has 1 aliphatic rings. The molecule has 5 rings (SSSR count). The van der Waals surface area contributed by atoms with Gasteiger partial charge in [0.2, 0.25) is 0 Å². The Hall–Kier alpha value is -2.93. The number of fused-ring (bicyclic) bond motifs is 4. The molecule has 0 saturated heterocycles. The predicted molar refractivity (Wildman–Crippen MR) is 95.4 cm³/mol. The fourth-order valence-electron chi connectivity index (χ4n) is 3.65. The summed E-state index contributed by atoms with van der Waals surface area (Å²) in [7, 11) is 0. The van der Waals surface area contributed by atoms with Gasteiger partial charge in [-0.15, -0.1) is 0 Å². The van der Waals surface area contributed by atoms with Gasteiger partial charge < -0.3 is 0 Å². The third-order valence-electron chi connectivity index (χ3n) is 4.74. The van der Waals surface area contributed by atoms with E-state index in [-0.39, 0.29) is 0 Å². The lowest BCUT2D eigenvalue weighted by atomic mass is 9.97. The van der Waals surface area contributed by atoms with Crippen molar-refractivity contribution in [1.82, 2.24) is 4.98 Å². The molecule has 1 aliphatic carbocycles. The van der Waals surface area contributed by atoms with Crippen LogP contribution < -0.4 is 0 Å². The highest BCUT2D eigenvalue weighted by Crippen LogP contribution is 2.39. The van der Waals surface area contributed by atoms with Crippen molar-refractivity contribution in [3.8, 4) is 22.3 Å². The molecule has 0 unspecified atom stereocenters. The van der Waals surface area contributed by atoms with Crippen molar-refractivity contribution < 1.29 is 0 Å². The first-order valence-electron chi connectivity index (χ1n) is 7.95. The van der Waals surface area contributed by atoms with Gasteiger partial charge in [-0.2, -0.15) is 0 Å². The van der Waals surface area contributed by atoms with Crippen LogP contribution in [-0.2, 0) is 6.42 Å². The SMILES string of the molecule is c1ccc2c(c1)Cc1cc(-c3cccc4cccnc34)ccc1-2. The Morgan fingerprint density at radius 3 is 2.48 bits per heavy atom. The molecule has 0 aliphatic heterocycles. The second-order valence-electron chi connectivity index (χ2n) is 6.09. The van der Waals surface area contributed by atoms with Crippen molar-refractivity contribution in [1.29, 1.82) is 0 Å². The monoisotopic (exact) mass is 293 g/mol. The first-order valence-corrected chi connectivity index (χ1v) is 7.95. The molecule has 108 valence electrons. The van der Waals surface area contributed by atoms with Crippen molar-refractivity contribution in [2.24, 2.45) is 0 Å². The van der Waals surface area contributed by atoms with Crippen LogP contribution in [0.2, 0.25) is 0 Å². The van der Waals surface area contributed by atoms with Gasteiger partial charge in [0, 0.05) is 17.1 Å². The van der Waals surface area contributed by atoms with Gasteiger partial charge in [0.15, 0.2) is 0 Å². The second kappa shape index (κ2) is 4.79. The molecule has 0 atom stereocenters. The molecule has 1 aromatic heterocycles. The Kier molecular flexibility index (Phi) is 2.62. The zero-order chi connectivity index (χ0) is 15.2. The van der Waals surface area contributed by atoms with Crippen molar-refractivity contribution in [3.05, 3.63) is 90.1 Å². The quantitative estimate of drug-likeness (QED) is 0.399. The lowest BCUT2D eigenvalue weighted by molar-refractivity contribution is 1.26. The van der Waals surface area contributed by atoms with E-state index < -0.39 is 0 Å². The summed E-state index contributed by atoms with van der Waals surface area (Å²) in [6, 6.07) is 26.0. The number of nitrogens with zero attached hydrogens (tertiary/aromatic N) is 1. The average Bonchev–Trinajstić information content (AvgIpc) is 2.99. The van der Waals surface area contributed by atoms with Gasteiger partial charge in [0.25, 0.3) is 0 Å². The van der Waals surface area contributed by atoms with Gasteiger partial charge >= 0.3 is 0 Å².